The van der Waals surface area contributed by atoms with E-state index in [-0.39, 0.29) is 0 Å². The van der Waals surface area contributed by atoms with Crippen LogP contribution in [0.15, 0.2) is 12.1 Å². The summed E-state index contributed by atoms with van der Waals surface area (Å²) in [7, 11) is 3.39. The minimum atomic E-state index is 0.869. The molecule has 0 spiro atoms. The molecule has 0 aliphatic rings. The van der Waals surface area contributed by atoms with E-state index in [0.717, 1.165) is 11.3 Å². The highest BCUT2D eigenvalue weighted by Crippen LogP contribution is 2.21. The maximum atomic E-state index is 4.93. The van der Waals surface area contributed by atoms with Gasteiger partial charge in [0.15, 0.2) is 0 Å². The normalized spacial score (nSPS) is 9.82. The molecule has 59 valence electrons. The summed E-state index contributed by atoms with van der Waals surface area (Å²) >= 11 is 0. The van der Waals surface area contributed by atoms with Crippen LogP contribution in [0.3, 0.4) is 0 Å². The molecule has 0 amide bonds. The summed E-state index contributed by atoms with van der Waals surface area (Å²) in [5.41, 5.74) is 3.68. The van der Waals surface area contributed by atoms with E-state index in [1.54, 1.807) is 0 Å². The van der Waals surface area contributed by atoms with Crippen molar-refractivity contribution in [2.45, 2.75) is 20.8 Å². The molecular formula is C10H13O. The van der Waals surface area contributed by atoms with Crippen LogP contribution in [0.5, 0.6) is 5.75 Å². The number of hydrogen-bond acceptors (Lipinski definition) is 1. The number of rotatable bonds is 1. The topological polar surface area (TPSA) is 9.23 Å². The first-order valence-corrected chi connectivity index (χ1v) is 3.65. The van der Waals surface area contributed by atoms with Crippen LogP contribution < -0.4 is 4.74 Å². The van der Waals surface area contributed by atoms with Crippen LogP contribution in [0.2, 0.25) is 0 Å². The zero-order chi connectivity index (χ0) is 8.43. The molecule has 0 heterocycles. The highest BCUT2D eigenvalue weighted by molar-refractivity contribution is 5.40. The zero-order valence-corrected chi connectivity index (χ0v) is 7.27. The van der Waals surface area contributed by atoms with Crippen molar-refractivity contribution in [2.75, 3.05) is 0 Å². The first-order chi connectivity index (χ1) is 5.15. The van der Waals surface area contributed by atoms with Gasteiger partial charge in [0.05, 0.1) is 0 Å². The summed E-state index contributed by atoms with van der Waals surface area (Å²) in [6.45, 7) is 6.18. The Morgan fingerprint density at radius 1 is 1.00 bits per heavy atom. The fourth-order valence-electron chi connectivity index (χ4n) is 1.09. The van der Waals surface area contributed by atoms with E-state index in [1.807, 2.05) is 13.0 Å². The second-order valence-corrected chi connectivity index (χ2v) is 2.85. The average molecular weight is 149 g/mol. The summed E-state index contributed by atoms with van der Waals surface area (Å²) in [4.78, 5) is 0. The third kappa shape index (κ3) is 1.53. The molecular weight excluding hydrogens is 136 g/mol. The molecule has 0 aromatic heterocycles. The van der Waals surface area contributed by atoms with E-state index in [4.69, 9.17) is 4.74 Å². The molecule has 1 heteroatoms. The Hall–Kier alpha value is -0.980. The Balaban J connectivity index is 3.21. The zero-order valence-electron chi connectivity index (χ0n) is 7.27. The third-order valence-corrected chi connectivity index (χ3v) is 1.95. The first-order valence-electron chi connectivity index (χ1n) is 3.65. The van der Waals surface area contributed by atoms with Crippen LogP contribution in [-0.2, 0) is 0 Å². The smallest absolute Gasteiger partial charge is 0.122 e. The molecule has 0 N–H and O–H groups in total. The van der Waals surface area contributed by atoms with E-state index in [2.05, 4.69) is 27.0 Å². The van der Waals surface area contributed by atoms with Crippen molar-refractivity contribution in [2.24, 2.45) is 0 Å². The highest BCUT2D eigenvalue weighted by Gasteiger charge is 1.99. The van der Waals surface area contributed by atoms with Gasteiger partial charge in [-0.25, -0.2) is 0 Å². The van der Waals surface area contributed by atoms with Gasteiger partial charge in [-0.2, -0.15) is 0 Å². The molecule has 0 saturated heterocycles. The van der Waals surface area contributed by atoms with Crippen LogP contribution in [0, 0.1) is 27.9 Å². The SMILES string of the molecule is [CH2]Oc1cc(C)c(C)cc1C. The quantitative estimate of drug-likeness (QED) is 0.596. The maximum absolute atomic E-state index is 4.93. The number of aryl methyl sites for hydroxylation is 3. The van der Waals surface area contributed by atoms with Gasteiger partial charge in [0.2, 0.25) is 0 Å². The molecule has 1 aromatic carbocycles. The van der Waals surface area contributed by atoms with Crippen LogP contribution >= 0.6 is 0 Å². The van der Waals surface area contributed by atoms with Crippen LogP contribution in [-0.4, -0.2) is 0 Å². The third-order valence-electron chi connectivity index (χ3n) is 1.95. The standard InChI is InChI=1S/C10H13O/c1-7-5-9(3)10(11-4)6-8(7)2/h5-6H,4H2,1-3H3. The van der Waals surface area contributed by atoms with Crippen molar-refractivity contribution in [1.82, 2.24) is 0 Å². The van der Waals surface area contributed by atoms with E-state index in [9.17, 15) is 0 Å². The van der Waals surface area contributed by atoms with Crippen molar-refractivity contribution >= 4 is 0 Å². The molecule has 0 aliphatic carbocycles. The fraction of sp³-hybridized carbons (Fsp3) is 0.300. The van der Waals surface area contributed by atoms with Crippen molar-refractivity contribution in [1.29, 1.82) is 0 Å². The van der Waals surface area contributed by atoms with Crippen LogP contribution in [0.4, 0.5) is 0 Å². The van der Waals surface area contributed by atoms with E-state index in [1.165, 1.54) is 11.1 Å². The summed E-state index contributed by atoms with van der Waals surface area (Å²) in [5.74, 6) is 0.869. The molecule has 0 bridgehead atoms. The molecule has 1 aromatic rings. The number of ether oxygens (including phenoxy) is 1. The summed E-state index contributed by atoms with van der Waals surface area (Å²) < 4.78 is 4.93. The minimum Gasteiger partial charge on any atom is -0.490 e. The average Bonchev–Trinajstić information content (AvgIpc) is 1.97. The molecule has 1 nitrogen and oxygen atoms in total. The summed E-state index contributed by atoms with van der Waals surface area (Å²) in [5, 5.41) is 0. The minimum absolute atomic E-state index is 0.869. The lowest BCUT2D eigenvalue weighted by Gasteiger charge is -2.07. The Bertz CT molecular complexity index is 264. The predicted molar refractivity (Wildman–Crippen MR) is 46.6 cm³/mol. The van der Waals surface area contributed by atoms with Gasteiger partial charge in [0.25, 0.3) is 0 Å². The van der Waals surface area contributed by atoms with Gasteiger partial charge in [-0.05, 0) is 43.5 Å². The van der Waals surface area contributed by atoms with Crippen molar-refractivity contribution in [3.63, 3.8) is 0 Å². The molecule has 11 heavy (non-hydrogen) atoms. The summed E-state index contributed by atoms with van der Waals surface area (Å²) in [6.07, 6.45) is 0. The second kappa shape index (κ2) is 2.95. The van der Waals surface area contributed by atoms with Crippen molar-refractivity contribution in [3.05, 3.63) is 35.9 Å². The summed E-state index contributed by atoms with van der Waals surface area (Å²) in [6, 6.07) is 4.12. The van der Waals surface area contributed by atoms with Gasteiger partial charge in [-0.3, -0.25) is 0 Å². The first kappa shape index (κ1) is 8.12. The van der Waals surface area contributed by atoms with Crippen LogP contribution in [0.25, 0.3) is 0 Å². The highest BCUT2D eigenvalue weighted by atomic mass is 16.5. The maximum Gasteiger partial charge on any atom is 0.122 e. The second-order valence-electron chi connectivity index (χ2n) is 2.85. The van der Waals surface area contributed by atoms with Crippen LogP contribution in [0.1, 0.15) is 16.7 Å². The van der Waals surface area contributed by atoms with Gasteiger partial charge in [-0.1, -0.05) is 6.07 Å². The van der Waals surface area contributed by atoms with E-state index in [0.29, 0.717) is 0 Å². The molecule has 1 radical (unpaired) electrons. The van der Waals surface area contributed by atoms with Gasteiger partial charge < -0.3 is 4.74 Å². The monoisotopic (exact) mass is 149 g/mol. The van der Waals surface area contributed by atoms with Gasteiger partial charge in [0.1, 0.15) is 12.9 Å². The Kier molecular flexibility index (Phi) is 2.18. The molecule has 0 saturated carbocycles. The Morgan fingerprint density at radius 2 is 1.55 bits per heavy atom. The molecule has 1 rings (SSSR count). The van der Waals surface area contributed by atoms with Gasteiger partial charge in [0, 0.05) is 0 Å². The lowest BCUT2D eigenvalue weighted by atomic mass is 10.1. The largest absolute Gasteiger partial charge is 0.490 e. The predicted octanol–water partition coefficient (Wildman–Crippen LogP) is 2.78. The van der Waals surface area contributed by atoms with Crippen molar-refractivity contribution in [3.8, 4) is 5.75 Å². The van der Waals surface area contributed by atoms with Crippen molar-refractivity contribution < 1.29 is 4.74 Å². The van der Waals surface area contributed by atoms with E-state index < -0.39 is 0 Å². The van der Waals surface area contributed by atoms with E-state index >= 15 is 0 Å². The Morgan fingerprint density at radius 3 is 2.09 bits per heavy atom. The van der Waals surface area contributed by atoms with Gasteiger partial charge in [-0.15, -0.1) is 0 Å². The molecule has 0 fully saturated rings. The molecule has 0 atom stereocenters. The number of hydrogen-bond donors (Lipinski definition) is 0. The van der Waals surface area contributed by atoms with Gasteiger partial charge >= 0.3 is 0 Å². The Labute approximate surface area is 68.0 Å². The molecule has 0 unspecified atom stereocenters. The molecule has 0 aliphatic heterocycles. The number of benzene rings is 1. The fourth-order valence-corrected chi connectivity index (χ4v) is 1.09. The lowest BCUT2D eigenvalue weighted by molar-refractivity contribution is 0.468. The lowest BCUT2D eigenvalue weighted by Crippen LogP contribution is -1.88.